The zero-order chi connectivity index (χ0) is 34.8. The first-order chi connectivity index (χ1) is 25.5. The molecule has 9 aromatic rings. The van der Waals surface area contributed by atoms with Gasteiger partial charge in [0.05, 0.1) is 33.5 Å². The van der Waals surface area contributed by atoms with Gasteiger partial charge >= 0.3 is 0 Å². The van der Waals surface area contributed by atoms with Crippen LogP contribution in [0.1, 0.15) is 25.0 Å². The molecule has 0 unspecified atom stereocenters. The minimum Gasteiger partial charge on any atom is -0.292 e. The van der Waals surface area contributed by atoms with Crippen molar-refractivity contribution in [3.63, 3.8) is 0 Å². The van der Waals surface area contributed by atoms with Crippen molar-refractivity contribution in [1.29, 1.82) is 0 Å². The van der Waals surface area contributed by atoms with Crippen molar-refractivity contribution in [2.75, 3.05) is 0 Å². The summed E-state index contributed by atoms with van der Waals surface area (Å²) in [6, 6.07) is 59.9. The lowest BCUT2D eigenvalue weighted by Crippen LogP contribution is -2.15. The number of nitrogens with zero attached hydrogens (tertiary/aromatic N) is 4. The molecule has 2 aromatic heterocycles. The molecule has 4 nitrogen and oxygen atoms in total. The molecule has 0 aliphatic heterocycles. The van der Waals surface area contributed by atoms with Crippen LogP contribution in [0.25, 0.3) is 83.9 Å². The Labute approximate surface area is 302 Å². The van der Waals surface area contributed by atoms with E-state index in [9.17, 15) is 0 Å². The van der Waals surface area contributed by atoms with Crippen molar-refractivity contribution in [2.45, 2.75) is 19.3 Å². The highest BCUT2D eigenvalue weighted by Gasteiger charge is 2.35. The van der Waals surface area contributed by atoms with Crippen LogP contribution < -0.4 is 0 Å². The number of hydrogen-bond donors (Lipinski definition) is 0. The third-order valence-corrected chi connectivity index (χ3v) is 10.6. The number of imidazole rings is 1. The lowest BCUT2D eigenvalue weighted by atomic mass is 9.82. The first-order valence-electron chi connectivity index (χ1n) is 17.8. The Balaban J connectivity index is 1.01. The van der Waals surface area contributed by atoms with E-state index in [4.69, 9.17) is 15.0 Å². The van der Waals surface area contributed by atoms with Gasteiger partial charge < -0.3 is 0 Å². The Morgan fingerprint density at radius 3 is 1.62 bits per heavy atom. The van der Waals surface area contributed by atoms with E-state index in [1.807, 2.05) is 42.5 Å². The Bertz CT molecular complexity index is 2790. The fourth-order valence-corrected chi connectivity index (χ4v) is 7.94. The Morgan fingerprint density at radius 2 is 0.923 bits per heavy atom. The predicted molar refractivity (Wildman–Crippen MR) is 213 cm³/mol. The van der Waals surface area contributed by atoms with Crippen molar-refractivity contribution in [2.24, 2.45) is 0 Å². The van der Waals surface area contributed by atoms with Gasteiger partial charge in [-0.05, 0) is 69.8 Å². The largest absolute Gasteiger partial charge is 0.292 e. The summed E-state index contributed by atoms with van der Waals surface area (Å²) in [7, 11) is 0. The summed E-state index contributed by atoms with van der Waals surface area (Å²) in [5, 5.41) is 0. The highest BCUT2D eigenvalue weighted by atomic mass is 15.1. The quantitative estimate of drug-likeness (QED) is 0.184. The fraction of sp³-hybridized carbons (Fsp3) is 0.0625. The van der Waals surface area contributed by atoms with Crippen molar-refractivity contribution < 1.29 is 0 Å². The third kappa shape index (κ3) is 4.79. The van der Waals surface area contributed by atoms with E-state index < -0.39 is 0 Å². The zero-order valence-electron chi connectivity index (χ0n) is 29.0. The predicted octanol–water partition coefficient (Wildman–Crippen LogP) is 11.9. The van der Waals surface area contributed by atoms with Crippen LogP contribution in [0.4, 0.5) is 0 Å². The van der Waals surface area contributed by atoms with Crippen LogP contribution in [0.3, 0.4) is 0 Å². The average Bonchev–Trinajstić information content (AvgIpc) is 3.70. The maximum Gasteiger partial charge on any atom is 0.145 e. The van der Waals surface area contributed by atoms with Gasteiger partial charge in [0.25, 0.3) is 0 Å². The molecule has 0 saturated carbocycles. The summed E-state index contributed by atoms with van der Waals surface area (Å²) in [4.78, 5) is 15.3. The monoisotopic (exact) mass is 666 g/mol. The first kappa shape index (κ1) is 30.2. The molecule has 0 radical (unpaired) electrons. The minimum absolute atomic E-state index is 0.0837. The molecule has 0 saturated heterocycles. The molecule has 0 fully saturated rings. The number of benzene rings is 7. The lowest BCUT2D eigenvalue weighted by molar-refractivity contribution is 0.660. The fourth-order valence-electron chi connectivity index (χ4n) is 7.94. The topological polar surface area (TPSA) is 43.6 Å². The van der Waals surface area contributed by atoms with Crippen LogP contribution in [-0.4, -0.2) is 19.5 Å². The number of hydrogen-bond acceptors (Lipinski definition) is 3. The van der Waals surface area contributed by atoms with Crippen LogP contribution in [0, 0.1) is 0 Å². The molecule has 2 heterocycles. The van der Waals surface area contributed by atoms with Crippen molar-refractivity contribution in [3.8, 4) is 61.8 Å². The second-order valence-corrected chi connectivity index (χ2v) is 14.1. The van der Waals surface area contributed by atoms with Crippen LogP contribution in [0.2, 0.25) is 0 Å². The van der Waals surface area contributed by atoms with E-state index in [-0.39, 0.29) is 5.41 Å². The van der Waals surface area contributed by atoms with Crippen LogP contribution >= 0.6 is 0 Å². The van der Waals surface area contributed by atoms with Gasteiger partial charge in [-0.2, -0.15) is 0 Å². The Hall–Kier alpha value is -6.65. The van der Waals surface area contributed by atoms with E-state index in [0.29, 0.717) is 0 Å². The summed E-state index contributed by atoms with van der Waals surface area (Å²) < 4.78 is 2.31. The minimum atomic E-state index is -0.0837. The van der Waals surface area contributed by atoms with E-state index in [1.165, 1.54) is 22.3 Å². The van der Waals surface area contributed by atoms with Gasteiger partial charge in [-0.1, -0.05) is 147 Å². The molecule has 246 valence electrons. The lowest BCUT2D eigenvalue weighted by Gasteiger charge is -2.22. The van der Waals surface area contributed by atoms with Gasteiger partial charge in [-0.25, -0.2) is 15.0 Å². The van der Waals surface area contributed by atoms with Crippen LogP contribution in [-0.2, 0) is 5.41 Å². The second-order valence-electron chi connectivity index (χ2n) is 14.1. The molecular weight excluding hydrogens is 633 g/mol. The summed E-state index contributed by atoms with van der Waals surface area (Å²) in [5.41, 5.74) is 17.5. The first-order valence-corrected chi connectivity index (χ1v) is 17.8. The maximum absolute atomic E-state index is 5.18. The van der Waals surface area contributed by atoms with Gasteiger partial charge in [0.2, 0.25) is 0 Å². The van der Waals surface area contributed by atoms with Gasteiger partial charge in [0, 0.05) is 27.8 Å². The summed E-state index contributed by atoms with van der Waals surface area (Å²) >= 11 is 0. The third-order valence-electron chi connectivity index (χ3n) is 10.6. The average molecular weight is 667 g/mol. The highest BCUT2D eigenvalue weighted by molar-refractivity contribution is 5.88. The molecule has 0 N–H and O–H groups in total. The SMILES string of the molecule is CC1(C)c2ccccc2-c2ccc(-n3c(-c4ccc(-c5ccc(-c6nc7ccccc7nc6-c6ccccc6)cc5)cc4)nc4ccccc43)cc21. The van der Waals surface area contributed by atoms with Crippen molar-refractivity contribution in [1.82, 2.24) is 19.5 Å². The molecule has 0 amide bonds. The van der Waals surface area contributed by atoms with E-state index in [0.717, 1.165) is 72.8 Å². The van der Waals surface area contributed by atoms with E-state index in [2.05, 4.69) is 146 Å². The molecule has 4 heteroatoms. The molecule has 0 spiro atoms. The Kier molecular flexibility index (Phi) is 6.80. The second kappa shape index (κ2) is 11.7. The molecule has 1 aliphatic carbocycles. The molecule has 7 aromatic carbocycles. The highest BCUT2D eigenvalue weighted by Crippen LogP contribution is 2.49. The summed E-state index contributed by atoms with van der Waals surface area (Å²) in [6.07, 6.45) is 0. The number of rotatable bonds is 5. The molecule has 0 atom stereocenters. The van der Waals surface area contributed by atoms with Gasteiger partial charge in [-0.3, -0.25) is 4.57 Å². The zero-order valence-corrected chi connectivity index (χ0v) is 29.0. The standard InChI is InChI=1S/C48H34N4/c1-48(2)39-15-7-6-14-37(39)38-29-28-36(30-40(38)48)52-44-19-11-10-18-43(44)51-47(52)35-26-22-32(23-27-35)31-20-24-34(25-21-31)46-45(33-12-4-3-5-13-33)49-41-16-8-9-17-42(41)50-46/h3-30H,1-2H3. The number of aromatic nitrogens is 4. The smallest absolute Gasteiger partial charge is 0.145 e. The van der Waals surface area contributed by atoms with Gasteiger partial charge in [0.1, 0.15) is 5.82 Å². The maximum atomic E-state index is 5.18. The molecular formula is C48H34N4. The van der Waals surface area contributed by atoms with E-state index >= 15 is 0 Å². The molecule has 52 heavy (non-hydrogen) atoms. The summed E-state index contributed by atoms with van der Waals surface area (Å²) in [6.45, 7) is 4.66. The van der Waals surface area contributed by atoms with Gasteiger partial charge in [0.15, 0.2) is 0 Å². The van der Waals surface area contributed by atoms with Crippen molar-refractivity contribution in [3.05, 3.63) is 181 Å². The van der Waals surface area contributed by atoms with Gasteiger partial charge in [-0.15, -0.1) is 0 Å². The Morgan fingerprint density at radius 1 is 0.404 bits per heavy atom. The molecule has 1 aliphatic rings. The van der Waals surface area contributed by atoms with Crippen molar-refractivity contribution >= 4 is 22.1 Å². The van der Waals surface area contributed by atoms with E-state index in [1.54, 1.807) is 0 Å². The van der Waals surface area contributed by atoms with Crippen LogP contribution in [0.5, 0.6) is 0 Å². The summed E-state index contributed by atoms with van der Waals surface area (Å²) in [5.74, 6) is 0.930. The number of para-hydroxylation sites is 4. The molecule has 10 rings (SSSR count). The van der Waals surface area contributed by atoms with Crippen LogP contribution in [0.15, 0.2) is 170 Å². The normalized spacial score (nSPS) is 13.0. The number of fused-ring (bicyclic) bond motifs is 5. The molecule has 0 bridgehead atoms.